The van der Waals surface area contributed by atoms with Crippen molar-refractivity contribution >= 4 is 5.91 Å². The highest BCUT2D eigenvalue weighted by Gasteiger charge is 2.32. The smallest absolute Gasteiger partial charge is 0.234 e. The third kappa shape index (κ3) is 6.93. The molecule has 0 bridgehead atoms. The second kappa shape index (κ2) is 13.7. The number of ether oxygens (including phenoxy) is 4. The fourth-order valence-corrected chi connectivity index (χ4v) is 6.72. The lowest BCUT2D eigenvalue weighted by atomic mass is 9.76. The van der Waals surface area contributed by atoms with E-state index in [1.807, 2.05) is 26.0 Å². The number of amides is 1. The van der Waals surface area contributed by atoms with Gasteiger partial charge in [0.25, 0.3) is 0 Å². The number of rotatable bonds is 11. The van der Waals surface area contributed by atoms with Gasteiger partial charge < -0.3 is 24.3 Å². The second-order valence-electron chi connectivity index (χ2n) is 12.1. The molecule has 0 aromatic heterocycles. The van der Waals surface area contributed by atoms with Crippen LogP contribution in [0.1, 0.15) is 67.0 Å². The topological polar surface area (TPSA) is 69.3 Å². The Bertz CT molecular complexity index is 1420. The van der Waals surface area contributed by atoms with E-state index in [4.69, 9.17) is 18.9 Å². The van der Waals surface area contributed by atoms with E-state index in [9.17, 15) is 4.79 Å². The molecule has 3 aromatic rings. The minimum absolute atomic E-state index is 0.00836. The summed E-state index contributed by atoms with van der Waals surface area (Å²) in [6, 6.07) is 18.9. The van der Waals surface area contributed by atoms with Gasteiger partial charge in [0, 0.05) is 25.0 Å². The van der Waals surface area contributed by atoms with Gasteiger partial charge in [-0.05, 0) is 97.5 Å². The number of carbonyl (C=O) groups is 1. The minimum Gasteiger partial charge on any atom is -0.493 e. The van der Waals surface area contributed by atoms with Gasteiger partial charge in [-0.3, -0.25) is 9.69 Å². The monoisotopic (exact) mass is 586 g/mol. The molecule has 0 fully saturated rings. The van der Waals surface area contributed by atoms with E-state index in [0.717, 1.165) is 42.9 Å². The van der Waals surface area contributed by atoms with Crippen molar-refractivity contribution in [1.29, 1.82) is 0 Å². The Morgan fingerprint density at radius 1 is 0.884 bits per heavy atom. The van der Waals surface area contributed by atoms with Crippen molar-refractivity contribution in [1.82, 2.24) is 10.2 Å². The van der Waals surface area contributed by atoms with Crippen LogP contribution < -0.4 is 24.3 Å². The first-order valence-electron chi connectivity index (χ1n) is 15.5. The number of aryl methyl sites for hydroxylation is 1. The van der Waals surface area contributed by atoms with Crippen molar-refractivity contribution in [2.45, 2.75) is 64.5 Å². The van der Waals surface area contributed by atoms with Crippen molar-refractivity contribution < 1.29 is 23.7 Å². The first-order chi connectivity index (χ1) is 20.8. The van der Waals surface area contributed by atoms with E-state index < -0.39 is 0 Å². The number of benzene rings is 3. The molecule has 0 spiro atoms. The zero-order valence-corrected chi connectivity index (χ0v) is 26.4. The van der Waals surface area contributed by atoms with E-state index >= 15 is 0 Å². The molecule has 1 N–H and O–H groups in total. The lowest BCUT2D eigenvalue weighted by Gasteiger charge is -2.38. The van der Waals surface area contributed by atoms with Crippen molar-refractivity contribution in [3.8, 4) is 23.0 Å². The largest absolute Gasteiger partial charge is 0.493 e. The molecule has 3 unspecified atom stereocenters. The van der Waals surface area contributed by atoms with Gasteiger partial charge in [0.2, 0.25) is 5.91 Å². The number of nitrogens with one attached hydrogen (secondary N) is 1. The molecule has 2 aliphatic rings. The van der Waals surface area contributed by atoms with Gasteiger partial charge in [0.15, 0.2) is 23.0 Å². The van der Waals surface area contributed by atoms with E-state index in [1.54, 1.807) is 21.3 Å². The highest BCUT2D eigenvalue weighted by molar-refractivity contribution is 5.78. The second-order valence-corrected chi connectivity index (χ2v) is 12.1. The maximum Gasteiger partial charge on any atom is 0.234 e. The third-order valence-electron chi connectivity index (χ3n) is 9.01. The summed E-state index contributed by atoms with van der Waals surface area (Å²) < 4.78 is 23.0. The molecule has 1 amide bonds. The molecule has 1 heterocycles. The van der Waals surface area contributed by atoms with Crippen LogP contribution in [0.5, 0.6) is 23.0 Å². The van der Waals surface area contributed by atoms with Crippen molar-refractivity contribution in [3.05, 3.63) is 82.4 Å². The lowest BCUT2D eigenvalue weighted by molar-refractivity contribution is -0.123. The quantitative estimate of drug-likeness (QED) is 0.292. The zero-order chi connectivity index (χ0) is 30.5. The summed E-state index contributed by atoms with van der Waals surface area (Å²) in [5.74, 6) is 3.78. The van der Waals surface area contributed by atoms with Gasteiger partial charge in [-0.15, -0.1) is 0 Å². The van der Waals surface area contributed by atoms with Crippen molar-refractivity contribution in [2.24, 2.45) is 5.92 Å². The molecule has 7 heteroatoms. The maximum atomic E-state index is 13.5. The Balaban J connectivity index is 1.40. The van der Waals surface area contributed by atoms with Gasteiger partial charge in [0.05, 0.1) is 34.0 Å². The Morgan fingerprint density at radius 3 is 2.37 bits per heavy atom. The molecule has 0 radical (unpaired) electrons. The summed E-state index contributed by atoms with van der Waals surface area (Å²) in [6.07, 6.45) is 3.81. The predicted molar refractivity (Wildman–Crippen MR) is 170 cm³/mol. The Hall–Kier alpha value is -3.71. The molecular weight excluding hydrogens is 540 g/mol. The highest BCUT2D eigenvalue weighted by atomic mass is 16.5. The van der Waals surface area contributed by atoms with Crippen LogP contribution in [0, 0.1) is 5.92 Å². The summed E-state index contributed by atoms with van der Waals surface area (Å²) in [5, 5.41) is 3.31. The van der Waals surface area contributed by atoms with Crippen LogP contribution in [0.2, 0.25) is 0 Å². The molecule has 43 heavy (non-hydrogen) atoms. The van der Waals surface area contributed by atoms with Crippen LogP contribution in [0.15, 0.2) is 54.6 Å². The molecule has 7 nitrogen and oxygen atoms in total. The van der Waals surface area contributed by atoms with Gasteiger partial charge in [-0.1, -0.05) is 37.3 Å². The minimum atomic E-state index is -0.0256. The van der Waals surface area contributed by atoms with Crippen LogP contribution in [0.4, 0.5) is 0 Å². The average molecular weight is 587 g/mol. The Kier molecular flexibility index (Phi) is 9.81. The maximum absolute atomic E-state index is 13.5. The number of hydrogen-bond donors (Lipinski definition) is 1. The fraction of sp³-hybridized carbons (Fsp3) is 0.472. The van der Waals surface area contributed by atoms with Crippen LogP contribution in [0.25, 0.3) is 0 Å². The molecule has 230 valence electrons. The lowest BCUT2D eigenvalue weighted by Crippen LogP contribution is -2.44. The molecule has 1 aliphatic carbocycles. The molecule has 3 atom stereocenters. The van der Waals surface area contributed by atoms with Crippen LogP contribution >= 0.6 is 0 Å². The standard InChI is InChI=1S/C36H46N2O5/c1-23(2)43-35-20-29-27(19-34(35)42-6)15-16-38(31(29)17-25-12-14-32(40-4)33(18-25)41-5)22-36(39)37-21-30-24(3)11-13-26-9-7-8-10-28(26)30/h7-10,12,14,18-20,23-24,30-31H,11,13,15-17,21-22H2,1-6H3,(H,37,39). The summed E-state index contributed by atoms with van der Waals surface area (Å²) in [7, 11) is 4.98. The molecule has 1 aliphatic heterocycles. The number of nitrogens with zero attached hydrogens (tertiary/aromatic N) is 1. The first kappa shape index (κ1) is 30.7. The number of hydrogen-bond acceptors (Lipinski definition) is 6. The van der Waals surface area contributed by atoms with E-state index in [0.29, 0.717) is 42.8 Å². The van der Waals surface area contributed by atoms with Crippen LogP contribution in [-0.2, 0) is 24.1 Å². The summed E-state index contributed by atoms with van der Waals surface area (Å²) in [6.45, 7) is 8.09. The predicted octanol–water partition coefficient (Wildman–Crippen LogP) is 6.12. The van der Waals surface area contributed by atoms with Crippen LogP contribution in [-0.4, -0.2) is 57.9 Å². The van der Waals surface area contributed by atoms with E-state index in [2.05, 4.69) is 59.6 Å². The SMILES string of the molecule is COc1ccc(CC2c3cc(OC(C)C)c(OC)cc3CCN2CC(=O)NCC2c3ccccc3CCC2C)cc1OC. The number of fused-ring (bicyclic) bond motifs is 2. The van der Waals surface area contributed by atoms with Crippen molar-refractivity contribution in [2.75, 3.05) is 41.0 Å². The Morgan fingerprint density at radius 2 is 1.63 bits per heavy atom. The van der Waals surface area contributed by atoms with E-state index in [1.165, 1.54) is 22.3 Å². The molecule has 0 saturated carbocycles. The van der Waals surface area contributed by atoms with Crippen molar-refractivity contribution in [3.63, 3.8) is 0 Å². The molecular formula is C36H46N2O5. The normalized spacial score (nSPS) is 19.7. The summed E-state index contributed by atoms with van der Waals surface area (Å²) >= 11 is 0. The van der Waals surface area contributed by atoms with E-state index in [-0.39, 0.29) is 18.1 Å². The number of methoxy groups -OCH3 is 3. The number of carbonyl (C=O) groups excluding carboxylic acids is 1. The van der Waals surface area contributed by atoms with Crippen LogP contribution in [0.3, 0.4) is 0 Å². The summed E-state index contributed by atoms with van der Waals surface area (Å²) in [4.78, 5) is 15.8. The Labute approximate surface area is 256 Å². The molecule has 5 rings (SSSR count). The van der Waals surface area contributed by atoms with Gasteiger partial charge >= 0.3 is 0 Å². The fourth-order valence-electron chi connectivity index (χ4n) is 6.72. The average Bonchev–Trinajstić information content (AvgIpc) is 3.01. The molecule has 3 aromatic carbocycles. The third-order valence-corrected chi connectivity index (χ3v) is 9.01. The first-order valence-corrected chi connectivity index (χ1v) is 15.5. The van der Waals surface area contributed by atoms with Gasteiger partial charge in [-0.2, -0.15) is 0 Å². The zero-order valence-electron chi connectivity index (χ0n) is 26.4. The highest BCUT2D eigenvalue weighted by Crippen LogP contribution is 2.41. The summed E-state index contributed by atoms with van der Waals surface area (Å²) in [5.41, 5.74) is 6.29. The molecule has 0 saturated heterocycles. The van der Waals surface area contributed by atoms with Gasteiger partial charge in [-0.25, -0.2) is 0 Å². The van der Waals surface area contributed by atoms with Gasteiger partial charge in [0.1, 0.15) is 0 Å².